The van der Waals surface area contributed by atoms with Crippen LogP contribution < -0.4 is 10.2 Å². The Hall–Kier alpha value is -2.99. The van der Waals surface area contributed by atoms with E-state index in [0.717, 1.165) is 43.6 Å². The molecule has 0 bridgehead atoms. The van der Waals surface area contributed by atoms with Crippen LogP contribution in [0.15, 0.2) is 60.7 Å². The van der Waals surface area contributed by atoms with E-state index < -0.39 is 0 Å². The van der Waals surface area contributed by atoms with Gasteiger partial charge < -0.3 is 10.2 Å². The lowest BCUT2D eigenvalue weighted by Gasteiger charge is -2.36. The third kappa shape index (κ3) is 4.12. The molecule has 1 aliphatic heterocycles. The zero-order valence-electron chi connectivity index (χ0n) is 15.6. The van der Waals surface area contributed by atoms with E-state index in [0.29, 0.717) is 17.9 Å². The molecule has 0 atom stereocenters. The largest absolute Gasteiger partial charge is 0.367 e. The molecule has 144 valence electrons. The van der Waals surface area contributed by atoms with E-state index in [1.165, 1.54) is 6.07 Å². The first kappa shape index (κ1) is 18.4. The van der Waals surface area contributed by atoms with Crippen molar-refractivity contribution in [2.24, 2.45) is 0 Å². The van der Waals surface area contributed by atoms with Crippen molar-refractivity contribution in [3.8, 4) is 0 Å². The fourth-order valence-electron chi connectivity index (χ4n) is 3.53. The van der Waals surface area contributed by atoms with Crippen molar-refractivity contribution in [1.29, 1.82) is 0 Å². The van der Waals surface area contributed by atoms with Crippen LogP contribution in [0, 0.1) is 5.82 Å². The number of piperazine rings is 1. The van der Waals surface area contributed by atoms with Crippen LogP contribution >= 0.6 is 0 Å². The second-order valence-electron chi connectivity index (χ2n) is 6.93. The van der Waals surface area contributed by atoms with Crippen LogP contribution in [0.2, 0.25) is 0 Å². The Kier molecular flexibility index (Phi) is 5.48. The van der Waals surface area contributed by atoms with Crippen molar-refractivity contribution in [2.45, 2.75) is 0 Å². The lowest BCUT2D eigenvalue weighted by Crippen LogP contribution is -2.48. The number of carbonyl (C=O) groups is 1. The number of halogens is 1. The van der Waals surface area contributed by atoms with Gasteiger partial charge in [0.2, 0.25) is 0 Å². The highest BCUT2D eigenvalue weighted by molar-refractivity contribution is 5.94. The van der Waals surface area contributed by atoms with E-state index in [1.807, 2.05) is 42.5 Å². The summed E-state index contributed by atoms with van der Waals surface area (Å²) in [6, 6.07) is 18.3. The normalized spacial score (nSPS) is 15.0. The molecule has 0 spiro atoms. The van der Waals surface area contributed by atoms with Crippen molar-refractivity contribution in [3.05, 3.63) is 72.2 Å². The molecule has 1 saturated heterocycles. The summed E-state index contributed by atoms with van der Waals surface area (Å²) in [7, 11) is 0. The smallest absolute Gasteiger partial charge is 0.269 e. The summed E-state index contributed by atoms with van der Waals surface area (Å²) in [4.78, 5) is 21.1. The molecule has 1 amide bonds. The predicted molar refractivity (Wildman–Crippen MR) is 109 cm³/mol. The summed E-state index contributed by atoms with van der Waals surface area (Å²) >= 11 is 0. The van der Waals surface area contributed by atoms with Crippen LogP contribution in [-0.4, -0.2) is 55.1 Å². The van der Waals surface area contributed by atoms with Crippen molar-refractivity contribution in [3.63, 3.8) is 0 Å². The number of para-hydroxylation sites is 2. The van der Waals surface area contributed by atoms with Crippen LogP contribution in [0.3, 0.4) is 0 Å². The summed E-state index contributed by atoms with van der Waals surface area (Å²) in [6.07, 6.45) is 0. The highest BCUT2D eigenvalue weighted by Gasteiger charge is 2.19. The molecule has 1 aliphatic rings. The Morgan fingerprint density at radius 2 is 1.71 bits per heavy atom. The summed E-state index contributed by atoms with van der Waals surface area (Å²) in [5.41, 5.74) is 1.92. The van der Waals surface area contributed by atoms with E-state index in [2.05, 4.69) is 20.1 Å². The molecular weight excluding hydrogens is 355 g/mol. The Morgan fingerprint density at radius 1 is 0.964 bits per heavy atom. The predicted octanol–water partition coefficient (Wildman–Crippen LogP) is 2.93. The zero-order valence-corrected chi connectivity index (χ0v) is 15.6. The average Bonchev–Trinajstić information content (AvgIpc) is 2.74. The summed E-state index contributed by atoms with van der Waals surface area (Å²) in [5.74, 6) is -0.332. The van der Waals surface area contributed by atoms with Crippen LogP contribution in [0.1, 0.15) is 10.5 Å². The highest BCUT2D eigenvalue weighted by Crippen LogP contribution is 2.20. The molecule has 1 N–H and O–H groups in total. The van der Waals surface area contributed by atoms with Crippen LogP contribution in [-0.2, 0) is 0 Å². The Bertz CT molecular complexity index is 969. The zero-order chi connectivity index (χ0) is 19.3. The minimum Gasteiger partial charge on any atom is -0.367 e. The van der Waals surface area contributed by atoms with Crippen molar-refractivity contribution >= 4 is 22.5 Å². The number of nitrogens with one attached hydrogen (secondary N) is 1. The standard InChI is InChI=1S/C22H23FN4O/c23-18-6-2-4-8-21(18)27-15-13-26(14-16-27)12-11-24-22(28)20-10-9-17-5-1-3-7-19(17)25-20/h1-10H,11-16H2,(H,24,28). The van der Waals surface area contributed by atoms with Gasteiger partial charge in [0.1, 0.15) is 11.5 Å². The molecule has 28 heavy (non-hydrogen) atoms. The topological polar surface area (TPSA) is 48.5 Å². The maximum absolute atomic E-state index is 13.9. The molecule has 0 unspecified atom stereocenters. The van der Waals surface area contributed by atoms with Crippen molar-refractivity contribution in [2.75, 3.05) is 44.2 Å². The van der Waals surface area contributed by atoms with Crippen LogP contribution in [0.5, 0.6) is 0 Å². The molecule has 2 heterocycles. The number of fused-ring (bicyclic) bond motifs is 1. The molecule has 6 heteroatoms. The molecule has 0 saturated carbocycles. The average molecular weight is 378 g/mol. The lowest BCUT2D eigenvalue weighted by molar-refractivity contribution is 0.0943. The molecule has 1 aromatic heterocycles. The number of anilines is 1. The third-order valence-electron chi connectivity index (χ3n) is 5.11. The van der Waals surface area contributed by atoms with Gasteiger partial charge in [-0.3, -0.25) is 9.69 Å². The number of amides is 1. The van der Waals surface area contributed by atoms with Crippen molar-refractivity contribution < 1.29 is 9.18 Å². The quantitative estimate of drug-likeness (QED) is 0.742. The molecule has 2 aromatic carbocycles. The van der Waals surface area contributed by atoms with E-state index in [9.17, 15) is 9.18 Å². The number of benzene rings is 2. The number of hydrogen-bond donors (Lipinski definition) is 1. The highest BCUT2D eigenvalue weighted by atomic mass is 19.1. The first-order chi connectivity index (χ1) is 13.7. The molecule has 1 fully saturated rings. The molecule has 0 aliphatic carbocycles. The van der Waals surface area contributed by atoms with Gasteiger partial charge in [0.25, 0.3) is 5.91 Å². The number of carbonyl (C=O) groups excluding carboxylic acids is 1. The van der Waals surface area contributed by atoms with Crippen LogP contribution in [0.25, 0.3) is 10.9 Å². The van der Waals surface area contributed by atoms with Gasteiger partial charge in [-0.25, -0.2) is 9.37 Å². The number of aromatic nitrogens is 1. The van der Waals surface area contributed by atoms with Gasteiger partial charge in [0.05, 0.1) is 11.2 Å². The minimum absolute atomic E-state index is 0.157. The Labute approximate surface area is 163 Å². The van der Waals surface area contributed by atoms with Crippen molar-refractivity contribution in [1.82, 2.24) is 15.2 Å². The van der Waals surface area contributed by atoms with Gasteiger partial charge in [-0.15, -0.1) is 0 Å². The van der Waals surface area contributed by atoms with Gasteiger partial charge >= 0.3 is 0 Å². The van der Waals surface area contributed by atoms with E-state index in [-0.39, 0.29) is 11.7 Å². The first-order valence-corrected chi connectivity index (χ1v) is 9.56. The lowest BCUT2D eigenvalue weighted by atomic mass is 10.2. The Morgan fingerprint density at radius 3 is 2.54 bits per heavy atom. The van der Waals surface area contributed by atoms with Gasteiger partial charge in [-0.2, -0.15) is 0 Å². The Balaban J connectivity index is 1.25. The van der Waals surface area contributed by atoms with Gasteiger partial charge in [-0.1, -0.05) is 36.4 Å². The second kappa shape index (κ2) is 8.35. The summed E-state index contributed by atoms with van der Waals surface area (Å²) < 4.78 is 13.9. The molecule has 5 nitrogen and oxygen atoms in total. The van der Waals surface area contributed by atoms with E-state index in [1.54, 1.807) is 12.1 Å². The molecular formula is C22H23FN4O. The number of pyridine rings is 1. The fraction of sp³-hybridized carbons (Fsp3) is 0.273. The SMILES string of the molecule is O=C(NCCN1CCN(c2ccccc2F)CC1)c1ccc2ccccc2n1. The van der Waals surface area contributed by atoms with Gasteiger partial charge in [0, 0.05) is 44.7 Å². The maximum atomic E-state index is 13.9. The molecule has 4 rings (SSSR count). The van der Waals surface area contributed by atoms with Gasteiger partial charge in [-0.05, 0) is 24.3 Å². The fourth-order valence-corrected chi connectivity index (χ4v) is 3.53. The first-order valence-electron chi connectivity index (χ1n) is 9.56. The number of rotatable bonds is 5. The monoisotopic (exact) mass is 378 g/mol. The minimum atomic E-state index is -0.175. The van der Waals surface area contributed by atoms with Crippen LogP contribution in [0.4, 0.5) is 10.1 Å². The number of hydrogen-bond acceptors (Lipinski definition) is 4. The summed E-state index contributed by atoms with van der Waals surface area (Å²) in [6.45, 7) is 4.58. The maximum Gasteiger partial charge on any atom is 0.269 e. The third-order valence-corrected chi connectivity index (χ3v) is 5.11. The van der Waals surface area contributed by atoms with E-state index in [4.69, 9.17) is 0 Å². The van der Waals surface area contributed by atoms with E-state index >= 15 is 0 Å². The van der Waals surface area contributed by atoms with Gasteiger partial charge in [0.15, 0.2) is 0 Å². The molecule has 3 aromatic rings. The number of nitrogens with zero attached hydrogens (tertiary/aromatic N) is 3. The second-order valence-corrected chi connectivity index (χ2v) is 6.93. The molecule has 0 radical (unpaired) electrons. The summed E-state index contributed by atoms with van der Waals surface area (Å²) in [5, 5.41) is 3.97.